The molecule has 0 aromatic carbocycles. The third-order valence-electron chi connectivity index (χ3n) is 4.31. The lowest BCUT2D eigenvalue weighted by atomic mass is 9.81. The summed E-state index contributed by atoms with van der Waals surface area (Å²) in [6.07, 6.45) is 5.56. The average molecular weight is 288 g/mol. The third kappa shape index (κ3) is 4.72. The monoisotopic (exact) mass is 288 g/mol. The Hall–Kier alpha value is -0.130. The molecular formula is C14H28N2O2S. The van der Waals surface area contributed by atoms with E-state index in [1.165, 1.54) is 19.3 Å². The van der Waals surface area contributed by atoms with E-state index in [4.69, 9.17) is 0 Å². The van der Waals surface area contributed by atoms with Crippen LogP contribution in [0.3, 0.4) is 0 Å². The van der Waals surface area contributed by atoms with Crippen molar-refractivity contribution in [2.24, 2.45) is 11.8 Å². The highest BCUT2D eigenvalue weighted by atomic mass is 32.2. The maximum Gasteiger partial charge on any atom is 0.215 e. The molecule has 0 spiro atoms. The van der Waals surface area contributed by atoms with Crippen molar-refractivity contribution >= 4 is 10.0 Å². The average Bonchev–Trinajstić information content (AvgIpc) is 3.07. The molecule has 112 valence electrons. The summed E-state index contributed by atoms with van der Waals surface area (Å²) in [5, 5.41) is 2.95. The first-order valence-electron chi connectivity index (χ1n) is 7.61. The van der Waals surface area contributed by atoms with Crippen LogP contribution in [0.25, 0.3) is 0 Å². The second kappa shape index (κ2) is 6.10. The molecule has 3 atom stereocenters. The highest BCUT2D eigenvalue weighted by Crippen LogP contribution is 2.29. The summed E-state index contributed by atoms with van der Waals surface area (Å²) in [6, 6.07) is 0.694. The summed E-state index contributed by atoms with van der Waals surface area (Å²) in [5.74, 6) is 1.24. The second-order valence-electron chi connectivity index (χ2n) is 6.77. The molecule has 3 unspecified atom stereocenters. The standard InChI is InChI=1S/C14H28N2O2S/c1-10-6-11(2)8-14(7-10)16-19(17,18)12(3)9-15-13-4-5-13/h10-16H,4-9H2,1-3H3. The summed E-state index contributed by atoms with van der Waals surface area (Å²) < 4.78 is 27.5. The van der Waals surface area contributed by atoms with Gasteiger partial charge >= 0.3 is 0 Å². The van der Waals surface area contributed by atoms with Crippen LogP contribution in [-0.4, -0.2) is 32.3 Å². The van der Waals surface area contributed by atoms with Crippen LogP contribution in [0.4, 0.5) is 0 Å². The van der Waals surface area contributed by atoms with Gasteiger partial charge < -0.3 is 5.32 Å². The van der Waals surface area contributed by atoms with Crippen LogP contribution < -0.4 is 10.0 Å². The van der Waals surface area contributed by atoms with E-state index in [0.29, 0.717) is 24.4 Å². The van der Waals surface area contributed by atoms with Crippen LogP contribution >= 0.6 is 0 Å². The topological polar surface area (TPSA) is 58.2 Å². The van der Waals surface area contributed by atoms with E-state index in [1.54, 1.807) is 6.92 Å². The van der Waals surface area contributed by atoms with Gasteiger partial charge in [-0.3, -0.25) is 0 Å². The predicted molar refractivity (Wildman–Crippen MR) is 78.5 cm³/mol. The Morgan fingerprint density at radius 3 is 2.16 bits per heavy atom. The van der Waals surface area contributed by atoms with E-state index in [1.807, 2.05) is 0 Å². The molecular weight excluding hydrogens is 260 g/mol. The van der Waals surface area contributed by atoms with Gasteiger partial charge in [0.25, 0.3) is 0 Å². The van der Waals surface area contributed by atoms with E-state index in [2.05, 4.69) is 23.9 Å². The number of nitrogens with one attached hydrogen (secondary N) is 2. The fourth-order valence-corrected chi connectivity index (χ4v) is 4.33. The molecule has 0 aromatic heterocycles. The highest BCUT2D eigenvalue weighted by Gasteiger charge is 2.30. The molecule has 2 N–H and O–H groups in total. The molecule has 4 nitrogen and oxygen atoms in total. The second-order valence-corrected chi connectivity index (χ2v) is 8.90. The molecule has 2 aliphatic carbocycles. The quantitative estimate of drug-likeness (QED) is 0.784. The number of hydrogen-bond acceptors (Lipinski definition) is 3. The van der Waals surface area contributed by atoms with Crippen molar-refractivity contribution in [3.63, 3.8) is 0 Å². The minimum absolute atomic E-state index is 0.132. The molecule has 0 aliphatic heterocycles. The first-order chi connectivity index (χ1) is 8.87. The Balaban J connectivity index is 1.84. The van der Waals surface area contributed by atoms with Gasteiger partial charge in [-0.2, -0.15) is 0 Å². The molecule has 2 rings (SSSR count). The van der Waals surface area contributed by atoms with Crippen molar-refractivity contribution in [2.45, 2.75) is 70.2 Å². The Morgan fingerprint density at radius 2 is 1.63 bits per heavy atom. The largest absolute Gasteiger partial charge is 0.313 e. The molecule has 0 aromatic rings. The summed E-state index contributed by atoms with van der Waals surface area (Å²) >= 11 is 0. The van der Waals surface area contributed by atoms with E-state index in [-0.39, 0.29) is 11.3 Å². The van der Waals surface area contributed by atoms with Gasteiger partial charge in [-0.25, -0.2) is 13.1 Å². The molecule has 0 saturated heterocycles. The summed E-state index contributed by atoms with van der Waals surface area (Å²) in [5.41, 5.74) is 0. The van der Waals surface area contributed by atoms with Gasteiger partial charge in [-0.15, -0.1) is 0 Å². The van der Waals surface area contributed by atoms with Gasteiger partial charge in [0.2, 0.25) is 10.0 Å². The molecule has 5 heteroatoms. The van der Waals surface area contributed by atoms with E-state index < -0.39 is 10.0 Å². The van der Waals surface area contributed by atoms with Gasteiger partial charge in [0, 0.05) is 18.6 Å². The van der Waals surface area contributed by atoms with Crippen molar-refractivity contribution in [3.8, 4) is 0 Å². The first-order valence-corrected chi connectivity index (χ1v) is 9.16. The predicted octanol–water partition coefficient (Wildman–Crippen LogP) is 1.87. The van der Waals surface area contributed by atoms with Crippen molar-refractivity contribution in [1.82, 2.24) is 10.0 Å². The van der Waals surface area contributed by atoms with Gasteiger partial charge in [0.1, 0.15) is 0 Å². The molecule has 2 saturated carbocycles. The summed E-state index contributed by atoms with van der Waals surface area (Å²) in [7, 11) is -3.19. The Kier molecular flexibility index (Phi) is 4.90. The third-order valence-corrected chi connectivity index (χ3v) is 6.20. The fourth-order valence-electron chi connectivity index (χ4n) is 3.12. The van der Waals surface area contributed by atoms with Gasteiger partial charge in [0.15, 0.2) is 0 Å². The molecule has 0 radical (unpaired) electrons. The van der Waals surface area contributed by atoms with Crippen LogP contribution in [-0.2, 0) is 10.0 Å². The fraction of sp³-hybridized carbons (Fsp3) is 1.00. The number of hydrogen-bond donors (Lipinski definition) is 2. The van der Waals surface area contributed by atoms with Crippen LogP contribution in [0.2, 0.25) is 0 Å². The van der Waals surface area contributed by atoms with Crippen LogP contribution in [0.15, 0.2) is 0 Å². The number of sulfonamides is 1. The lowest BCUT2D eigenvalue weighted by molar-refractivity contribution is 0.257. The molecule has 0 heterocycles. The Labute approximate surface area is 117 Å². The van der Waals surface area contributed by atoms with Crippen LogP contribution in [0, 0.1) is 11.8 Å². The minimum atomic E-state index is -3.19. The zero-order valence-electron chi connectivity index (χ0n) is 12.4. The number of rotatable bonds is 6. The van der Waals surface area contributed by atoms with Gasteiger partial charge in [-0.1, -0.05) is 13.8 Å². The van der Waals surface area contributed by atoms with Crippen LogP contribution in [0.1, 0.15) is 52.9 Å². The normalized spacial score (nSPS) is 34.2. The van der Waals surface area contributed by atoms with Crippen molar-refractivity contribution < 1.29 is 8.42 Å². The smallest absolute Gasteiger partial charge is 0.215 e. The first kappa shape index (κ1) is 15.3. The van der Waals surface area contributed by atoms with E-state index >= 15 is 0 Å². The maximum atomic E-state index is 12.3. The van der Waals surface area contributed by atoms with Crippen LogP contribution in [0.5, 0.6) is 0 Å². The van der Waals surface area contributed by atoms with Crippen molar-refractivity contribution in [2.75, 3.05) is 6.54 Å². The highest BCUT2D eigenvalue weighted by molar-refractivity contribution is 7.90. The van der Waals surface area contributed by atoms with Gasteiger partial charge in [-0.05, 0) is 50.9 Å². The van der Waals surface area contributed by atoms with E-state index in [0.717, 1.165) is 12.8 Å². The Bertz CT molecular complexity index is 382. The zero-order valence-corrected chi connectivity index (χ0v) is 13.2. The van der Waals surface area contributed by atoms with Crippen molar-refractivity contribution in [1.29, 1.82) is 0 Å². The summed E-state index contributed by atoms with van der Waals surface area (Å²) in [6.45, 7) is 6.80. The Morgan fingerprint density at radius 1 is 1.05 bits per heavy atom. The zero-order chi connectivity index (χ0) is 14.0. The molecule has 19 heavy (non-hydrogen) atoms. The minimum Gasteiger partial charge on any atom is -0.313 e. The SMILES string of the molecule is CC1CC(C)CC(NS(=O)(=O)C(C)CNC2CC2)C1. The molecule has 2 aliphatic rings. The molecule has 2 fully saturated rings. The molecule has 0 amide bonds. The lowest BCUT2D eigenvalue weighted by Gasteiger charge is -2.32. The summed E-state index contributed by atoms with van der Waals surface area (Å²) in [4.78, 5) is 0. The maximum absolute atomic E-state index is 12.3. The molecule has 0 bridgehead atoms. The van der Waals surface area contributed by atoms with E-state index in [9.17, 15) is 8.42 Å². The lowest BCUT2D eigenvalue weighted by Crippen LogP contribution is -2.46. The van der Waals surface area contributed by atoms with Gasteiger partial charge in [0.05, 0.1) is 5.25 Å². The van der Waals surface area contributed by atoms with Crippen molar-refractivity contribution in [3.05, 3.63) is 0 Å².